The van der Waals surface area contributed by atoms with Gasteiger partial charge < -0.3 is 25.0 Å². The SMILES string of the molecule is O=C(NC(COCc1ccccc1)C(=O)O)c1cc(N2CCN(c3ccccn3)CC2)nc(-c2cccs2)n1. The first-order valence-corrected chi connectivity index (χ1v) is 13.4. The van der Waals surface area contributed by atoms with Crippen LogP contribution in [0.15, 0.2) is 78.3 Å². The van der Waals surface area contributed by atoms with E-state index in [1.165, 1.54) is 11.3 Å². The number of nitrogens with one attached hydrogen (secondary N) is 1. The molecule has 1 amide bonds. The van der Waals surface area contributed by atoms with E-state index < -0.39 is 17.9 Å². The van der Waals surface area contributed by atoms with Gasteiger partial charge in [-0.15, -0.1) is 11.3 Å². The number of carbonyl (C=O) groups is 2. The number of benzene rings is 1. The van der Waals surface area contributed by atoms with Crippen LogP contribution in [0.2, 0.25) is 0 Å². The summed E-state index contributed by atoms with van der Waals surface area (Å²) in [5, 5.41) is 14.2. The van der Waals surface area contributed by atoms with Crippen molar-refractivity contribution < 1.29 is 19.4 Å². The molecule has 4 heterocycles. The van der Waals surface area contributed by atoms with Crippen LogP contribution >= 0.6 is 11.3 Å². The maximum Gasteiger partial charge on any atom is 0.328 e. The number of anilines is 2. The number of ether oxygens (including phenoxy) is 1. The molecule has 1 saturated heterocycles. The van der Waals surface area contributed by atoms with Crippen LogP contribution in [0, 0.1) is 0 Å². The molecule has 1 unspecified atom stereocenters. The van der Waals surface area contributed by atoms with Crippen LogP contribution in [0.3, 0.4) is 0 Å². The molecule has 2 N–H and O–H groups in total. The van der Waals surface area contributed by atoms with Crippen molar-refractivity contribution in [2.75, 3.05) is 42.6 Å². The molecule has 1 atom stereocenters. The Morgan fingerprint density at radius 2 is 1.69 bits per heavy atom. The summed E-state index contributed by atoms with van der Waals surface area (Å²) in [6.45, 7) is 2.92. The molecule has 200 valence electrons. The Kier molecular flexibility index (Phi) is 8.39. The van der Waals surface area contributed by atoms with E-state index in [1.807, 2.05) is 66.0 Å². The van der Waals surface area contributed by atoms with Crippen LogP contribution in [0.1, 0.15) is 16.1 Å². The van der Waals surface area contributed by atoms with Crippen molar-refractivity contribution in [2.45, 2.75) is 12.6 Å². The second kappa shape index (κ2) is 12.5. The van der Waals surface area contributed by atoms with E-state index in [1.54, 1.807) is 12.3 Å². The first kappa shape index (κ1) is 26.3. The molecule has 1 aliphatic rings. The molecule has 10 nitrogen and oxygen atoms in total. The number of pyridine rings is 1. The zero-order valence-corrected chi connectivity index (χ0v) is 22.0. The van der Waals surface area contributed by atoms with Crippen molar-refractivity contribution >= 4 is 34.8 Å². The van der Waals surface area contributed by atoms with E-state index >= 15 is 0 Å². The maximum absolute atomic E-state index is 13.2. The van der Waals surface area contributed by atoms with Crippen LogP contribution in [0.5, 0.6) is 0 Å². The number of amides is 1. The zero-order valence-electron chi connectivity index (χ0n) is 21.1. The zero-order chi connectivity index (χ0) is 27.0. The van der Waals surface area contributed by atoms with Crippen molar-refractivity contribution in [1.82, 2.24) is 20.3 Å². The summed E-state index contributed by atoms with van der Waals surface area (Å²) in [6, 6.07) is 19.4. The van der Waals surface area contributed by atoms with Gasteiger partial charge in [-0.25, -0.2) is 19.7 Å². The molecule has 0 spiro atoms. The molecule has 0 aliphatic carbocycles. The van der Waals surface area contributed by atoms with Gasteiger partial charge in [0.25, 0.3) is 5.91 Å². The summed E-state index contributed by atoms with van der Waals surface area (Å²) < 4.78 is 5.58. The summed E-state index contributed by atoms with van der Waals surface area (Å²) in [7, 11) is 0. The smallest absolute Gasteiger partial charge is 0.328 e. The molecule has 0 bridgehead atoms. The number of thiophene rings is 1. The van der Waals surface area contributed by atoms with Crippen LogP contribution in [0.25, 0.3) is 10.7 Å². The summed E-state index contributed by atoms with van der Waals surface area (Å²) in [5.41, 5.74) is 1.02. The number of rotatable bonds is 10. The van der Waals surface area contributed by atoms with Gasteiger partial charge in [0.1, 0.15) is 17.3 Å². The van der Waals surface area contributed by atoms with E-state index in [4.69, 9.17) is 9.72 Å². The highest BCUT2D eigenvalue weighted by atomic mass is 32.1. The number of carboxylic acids is 1. The molecule has 0 saturated carbocycles. The highest BCUT2D eigenvalue weighted by molar-refractivity contribution is 7.13. The lowest BCUT2D eigenvalue weighted by Crippen LogP contribution is -2.47. The van der Waals surface area contributed by atoms with Gasteiger partial charge in [-0.05, 0) is 29.1 Å². The first-order chi connectivity index (χ1) is 19.1. The molecule has 0 radical (unpaired) electrons. The molecule has 3 aromatic heterocycles. The fourth-order valence-corrected chi connectivity index (χ4v) is 4.87. The highest BCUT2D eigenvalue weighted by Gasteiger charge is 2.25. The number of hydrogen-bond donors (Lipinski definition) is 2. The van der Waals surface area contributed by atoms with E-state index in [2.05, 4.69) is 25.1 Å². The van der Waals surface area contributed by atoms with E-state index in [0.29, 0.717) is 24.7 Å². The minimum Gasteiger partial charge on any atom is -0.480 e. The van der Waals surface area contributed by atoms with Crippen molar-refractivity contribution in [3.63, 3.8) is 0 Å². The highest BCUT2D eigenvalue weighted by Crippen LogP contribution is 2.25. The third-order valence-corrected chi connectivity index (χ3v) is 7.13. The predicted molar refractivity (Wildman–Crippen MR) is 149 cm³/mol. The molecule has 1 aromatic carbocycles. The van der Waals surface area contributed by atoms with Gasteiger partial charge in [-0.3, -0.25) is 4.79 Å². The summed E-state index contributed by atoms with van der Waals surface area (Å²) >= 11 is 1.47. The van der Waals surface area contributed by atoms with Crippen molar-refractivity contribution in [3.05, 3.63) is 89.6 Å². The number of nitrogens with zero attached hydrogens (tertiary/aromatic N) is 5. The van der Waals surface area contributed by atoms with Gasteiger partial charge in [0.05, 0.1) is 18.1 Å². The van der Waals surface area contributed by atoms with Gasteiger partial charge >= 0.3 is 5.97 Å². The molecule has 11 heteroatoms. The second-order valence-corrected chi connectivity index (χ2v) is 9.89. The van der Waals surface area contributed by atoms with E-state index in [9.17, 15) is 14.7 Å². The Morgan fingerprint density at radius 1 is 0.949 bits per heavy atom. The van der Waals surface area contributed by atoms with Crippen molar-refractivity contribution in [2.24, 2.45) is 0 Å². The Labute approximate surface area is 229 Å². The van der Waals surface area contributed by atoms with Crippen LogP contribution < -0.4 is 15.1 Å². The number of aromatic nitrogens is 3. The van der Waals surface area contributed by atoms with Crippen LogP contribution in [0.4, 0.5) is 11.6 Å². The predicted octanol–water partition coefficient (Wildman–Crippen LogP) is 3.33. The lowest BCUT2D eigenvalue weighted by Gasteiger charge is -2.36. The topological polar surface area (TPSA) is 121 Å². The van der Waals surface area contributed by atoms with Crippen molar-refractivity contribution in [1.29, 1.82) is 0 Å². The van der Waals surface area contributed by atoms with E-state index in [-0.39, 0.29) is 18.9 Å². The molecule has 1 fully saturated rings. The van der Waals surface area contributed by atoms with Gasteiger partial charge in [0.2, 0.25) is 0 Å². The third kappa shape index (κ3) is 6.75. The normalized spacial score (nSPS) is 14.2. The minimum atomic E-state index is -1.23. The Morgan fingerprint density at radius 3 is 2.36 bits per heavy atom. The Bertz CT molecular complexity index is 1380. The van der Waals surface area contributed by atoms with Crippen molar-refractivity contribution in [3.8, 4) is 10.7 Å². The molecule has 5 rings (SSSR count). The van der Waals surface area contributed by atoms with E-state index in [0.717, 1.165) is 29.3 Å². The third-order valence-electron chi connectivity index (χ3n) is 6.26. The number of piperazine rings is 1. The number of hydrogen-bond acceptors (Lipinski definition) is 9. The average Bonchev–Trinajstić information content (AvgIpc) is 3.53. The maximum atomic E-state index is 13.2. The van der Waals surface area contributed by atoms with Gasteiger partial charge in [-0.2, -0.15) is 0 Å². The number of aliphatic carboxylic acids is 1. The molecular weight excluding hydrogens is 516 g/mol. The molecular formula is C28H28N6O4S. The van der Waals surface area contributed by atoms with Gasteiger partial charge in [0.15, 0.2) is 11.9 Å². The Balaban J connectivity index is 1.30. The minimum absolute atomic E-state index is 0.102. The lowest BCUT2D eigenvalue weighted by atomic mass is 10.2. The molecule has 1 aliphatic heterocycles. The standard InChI is InChI=1S/C28H28N6O4S/c35-27(31-22(28(36)37)19-38-18-20-7-2-1-3-8-20)21-17-25(32-26(30-21)23-9-6-16-39-23)34-14-12-33(13-15-34)24-10-4-5-11-29-24/h1-11,16-17,22H,12-15,18-19H2,(H,31,35)(H,36,37). The van der Waals surface area contributed by atoms with Gasteiger partial charge in [-0.1, -0.05) is 42.5 Å². The Hall–Kier alpha value is -4.35. The number of carboxylic acid groups (broad SMARTS) is 1. The summed E-state index contributed by atoms with van der Waals surface area (Å²) in [4.78, 5) is 43.9. The quantitative estimate of drug-likeness (QED) is 0.310. The van der Waals surface area contributed by atoms with Crippen LogP contribution in [-0.2, 0) is 16.1 Å². The average molecular weight is 545 g/mol. The fourth-order valence-electron chi connectivity index (χ4n) is 4.21. The number of carbonyl (C=O) groups excluding carboxylic acids is 1. The largest absolute Gasteiger partial charge is 0.480 e. The summed E-state index contributed by atoms with van der Waals surface area (Å²) in [5.74, 6) is 0.181. The first-order valence-electron chi connectivity index (χ1n) is 12.6. The second-order valence-electron chi connectivity index (χ2n) is 8.94. The fraction of sp³-hybridized carbons (Fsp3) is 0.250. The van der Waals surface area contributed by atoms with Gasteiger partial charge in [0, 0.05) is 38.4 Å². The van der Waals surface area contributed by atoms with Crippen LogP contribution in [-0.4, -0.2) is 70.8 Å². The summed E-state index contributed by atoms with van der Waals surface area (Å²) in [6.07, 6.45) is 1.78. The molecule has 39 heavy (non-hydrogen) atoms. The lowest BCUT2D eigenvalue weighted by molar-refractivity contribution is -0.141. The monoisotopic (exact) mass is 544 g/mol. The molecule has 4 aromatic rings.